The van der Waals surface area contributed by atoms with E-state index >= 15 is 0 Å². The number of hydrogen-bond acceptors (Lipinski definition) is 5. The van der Waals surface area contributed by atoms with Crippen LogP contribution in [0.15, 0.2) is 71.6 Å². The molecule has 1 atom stereocenters. The van der Waals surface area contributed by atoms with Crippen LogP contribution in [0, 0.1) is 6.92 Å². The van der Waals surface area contributed by atoms with Gasteiger partial charge in [-0.25, -0.2) is 8.42 Å². The summed E-state index contributed by atoms with van der Waals surface area (Å²) in [7, 11) is -2.86. The van der Waals surface area contributed by atoms with Crippen molar-refractivity contribution in [2.45, 2.75) is 38.3 Å². The highest BCUT2D eigenvalue weighted by Crippen LogP contribution is 2.35. The van der Waals surface area contributed by atoms with E-state index in [0.717, 1.165) is 9.87 Å². The van der Waals surface area contributed by atoms with E-state index in [9.17, 15) is 18.0 Å². The molecule has 3 aromatic rings. The highest BCUT2D eigenvalue weighted by molar-refractivity contribution is 7.92. The molecule has 0 bridgehead atoms. The number of hydrogen-bond donors (Lipinski definition) is 1. The number of carbonyl (C=O) groups is 2. The summed E-state index contributed by atoms with van der Waals surface area (Å²) in [6.45, 7) is 4.99. The largest absolute Gasteiger partial charge is 0.495 e. The molecule has 0 saturated carbocycles. The number of methoxy groups -OCH3 is 1. The van der Waals surface area contributed by atoms with Crippen LogP contribution >= 0.6 is 23.2 Å². The summed E-state index contributed by atoms with van der Waals surface area (Å²) in [6, 6.07) is 16.8. The Morgan fingerprint density at radius 1 is 1.00 bits per heavy atom. The number of benzene rings is 3. The Kier molecular flexibility index (Phi) is 10.2. The first-order valence-electron chi connectivity index (χ1n) is 12.2. The van der Waals surface area contributed by atoms with E-state index in [0.29, 0.717) is 17.1 Å². The summed E-state index contributed by atoms with van der Waals surface area (Å²) in [5.41, 5.74) is 1.65. The fourth-order valence-electron chi connectivity index (χ4n) is 3.95. The Labute approximate surface area is 239 Å². The summed E-state index contributed by atoms with van der Waals surface area (Å²) in [4.78, 5) is 28.0. The van der Waals surface area contributed by atoms with Gasteiger partial charge >= 0.3 is 0 Å². The minimum Gasteiger partial charge on any atom is -0.495 e. The standard InChI is InChI=1S/C28H31Cl2N3O5S/c1-5-31-28(35)20(3)32(17-21-7-6-8-22(29)15-21)27(34)18-33(25-16-23(30)11-14-26(25)38-4)39(36,37)24-12-9-19(2)10-13-24/h6-16,20H,5,17-18H2,1-4H3,(H,31,35)/t20-/m0/s1. The minimum absolute atomic E-state index is 0.0129. The number of sulfonamides is 1. The van der Waals surface area contributed by atoms with Crippen LogP contribution < -0.4 is 14.4 Å². The fourth-order valence-corrected chi connectivity index (χ4v) is 5.74. The highest BCUT2D eigenvalue weighted by Gasteiger charge is 2.34. The molecule has 3 aromatic carbocycles. The number of carbonyl (C=O) groups excluding carboxylic acids is 2. The lowest BCUT2D eigenvalue weighted by atomic mass is 10.1. The summed E-state index contributed by atoms with van der Waals surface area (Å²) in [6.07, 6.45) is 0. The van der Waals surface area contributed by atoms with Crippen molar-refractivity contribution in [3.63, 3.8) is 0 Å². The summed E-state index contributed by atoms with van der Waals surface area (Å²) < 4.78 is 34.3. The zero-order valence-corrected chi connectivity index (χ0v) is 24.5. The minimum atomic E-state index is -4.26. The molecule has 0 radical (unpaired) electrons. The van der Waals surface area contributed by atoms with Crippen molar-refractivity contribution in [3.8, 4) is 5.75 Å². The van der Waals surface area contributed by atoms with Gasteiger partial charge in [-0.15, -0.1) is 0 Å². The number of halogens is 2. The van der Waals surface area contributed by atoms with Gasteiger partial charge in [0, 0.05) is 23.1 Å². The number of aryl methyl sites for hydroxylation is 1. The first-order valence-corrected chi connectivity index (χ1v) is 14.4. The molecular formula is C28H31Cl2N3O5S. The molecule has 0 spiro atoms. The van der Waals surface area contributed by atoms with E-state index in [4.69, 9.17) is 27.9 Å². The molecule has 0 fully saturated rings. The maximum absolute atomic E-state index is 14.0. The summed E-state index contributed by atoms with van der Waals surface area (Å²) in [5, 5.41) is 3.45. The van der Waals surface area contributed by atoms with E-state index in [1.54, 1.807) is 56.3 Å². The summed E-state index contributed by atoms with van der Waals surface area (Å²) >= 11 is 12.4. The van der Waals surface area contributed by atoms with Gasteiger partial charge in [-0.3, -0.25) is 13.9 Å². The maximum atomic E-state index is 14.0. The second-order valence-electron chi connectivity index (χ2n) is 8.86. The molecule has 11 heteroatoms. The lowest BCUT2D eigenvalue weighted by molar-refractivity contribution is -0.139. The normalized spacial score (nSPS) is 11.9. The Balaban J connectivity index is 2.10. The van der Waals surface area contributed by atoms with Crippen LogP contribution in [-0.2, 0) is 26.2 Å². The number of anilines is 1. The third-order valence-corrected chi connectivity index (χ3v) is 8.30. The number of amides is 2. The molecule has 3 rings (SSSR count). The van der Waals surface area contributed by atoms with Crippen LogP contribution in [0.4, 0.5) is 5.69 Å². The van der Waals surface area contributed by atoms with E-state index in [2.05, 4.69) is 5.32 Å². The van der Waals surface area contributed by atoms with Crippen molar-refractivity contribution in [2.75, 3.05) is 24.5 Å². The number of ether oxygens (including phenoxy) is 1. The van der Waals surface area contributed by atoms with Gasteiger partial charge in [0.05, 0.1) is 17.7 Å². The third kappa shape index (κ3) is 7.44. The molecule has 0 aliphatic carbocycles. The van der Waals surface area contributed by atoms with Gasteiger partial charge in [0.25, 0.3) is 10.0 Å². The van der Waals surface area contributed by atoms with Gasteiger partial charge in [0.1, 0.15) is 18.3 Å². The molecule has 8 nitrogen and oxygen atoms in total. The topological polar surface area (TPSA) is 96.0 Å². The van der Waals surface area contributed by atoms with E-state index < -0.39 is 28.5 Å². The Morgan fingerprint density at radius 2 is 1.67 bits per heavy atom. The second-order valence-corrected chi connectivity index (χ2v) is 11.6. The zero-order valence-electron chi connectivity index (χ0n) is 22.1. The maximum Gasteiger partial charge on any atom is 0.264 e. The fraction of sp³-hybridized carbons (Fsp3) is 0.286. The van der Waals surface area contributed by atoms with Crippen molar-refractivity contribution in [1.29, 1.82) is 0 Å². The van der Waals surface area contributed by atoms with Gasteiger partial charge in [-0.1, -0.05) is 53.0 Å². The monoisotopic (exact) mass is 591 g/mol. The number of likely N-dealkylation sites (N-methyl/N-ethyl adjacent to an activating group) is 1. The van der Waals surface area contributed by atoms with Gasteiger partial charge in [-0.2, -0.15) is 0 Å². The van der Waals surface area contributed by atoms with E-state index in [1.807, 2.05) is 6.92 Å². The zero-order chi connectivity index (χ0) is 28.7. The molecule has 0 aromatic heterocycles. The molecule has 0 unspecified atom stereocenters. The van der Waals surface area contributed by atoms with Crippen LogP contribution in [0.3, 0.4) is 0 Å². The van der Waals surface area contributed by atoms with Gasteiger partial charge in [0.2, 0.25) is 11.8 Å². The van der Waals surface area contributed by atoms with Crippen molar-refractivity contribution >= 4 is 50.7 Å². The molecular weight excluding hydrogens is 561 g/mol. The van der Waals surface area contributed by atoms with E-state index in [1.165, 1.54) is 36.3 Å². The SMILES string of the molecule is CCNC(=O)[C@H](C)N(Cc1cccc(Cl)c1)C(=O)CN(c1cc(Cl)ccc1OC)S(=O)(=O)c1ccc(C)cc1. The lowest BCUT2D eigenvalue weighted by Gasteiger charge is -2.32. The molecule has 0 saturated heterocycles. The second kappa shape index (κ2) is 13.2. The van der Waals surface area contributed by atoms with Crippen molar-refractivity contribution in [1.82, 2.24) is 10.2 Å². The molecule has 0 aliphatic rings. The third-order valence-electron chi connectivity index (χ3n) is 6.06. The molecule has 39 heavy (non-hydrogen) atoms. The van der Waals surface area contributed by atoms with Crippen LogP contribution in [0.1, 0.15) is 25.0 Å². The van der Waals surface area contributed by atoms with Crippen LogP contribution in [0.25, 0.3) is 0 Å². The van der Waals surface area contributed by atoms with Gasteiger partial charge in [-0.05, 0) is 68.8 Å². The quantitative estimate of drug-likeness (QED) is 0.336. The molecule has 0 heterocycles. The molecule has 2 amide bonds. The van der Waals surface area contributed by atoms with Crippen molar-refractivity contribution in [3.05, 3.63) is 87.9 Å². The Hall–Kier alpha value is -3.27. The predicted octanol–water partition coefficient (Wildman–Crippen LogP) is 5.06. The van der Waals surface area contributed by atoms with Crippen molar-refractivity contribution < 1.29 is 22.7 Å². The first kappa shape index (κ1) is 30.3. The van der Waals surface area contributed by atoms with Crippen LogP contribution in [0.2, 0.25) is 10.0 Å². The van der Waals surface area contributed by atoms with Crippen molar-refractivity contribution in [2.24, 2.45) is 0 Å². The Morgan fingerprint density at radius 3 is 2.28 bits per heavy atom. The van der Waals surface area contributed by atoms with E-state index in [-0.39, 0.29) is 33.8 Å². The predicted molar refractivity (Wildman–Crippen MR) is 154 cm³/mol. The van der Waals surface area contributed by atoms with Crippen LogP contribution in [-0.4, -0.2) is 51.4 Å². The van der Waals surface area contributed by atoms with Crippen LogP contribution in [0.5, 0.6) is 5.75 Å². The average Bonchev–Trinajstić information content (AvgIpc) is 2.90. The van der Waals surface area contributed by atoms with Gasteiger partial charge in [0.15, 0.2) is 0 Å². The average molecular weight is 593 g/mol. The Bertz CT molecular complexity index is 1430. The molecule has 0 aliphatic heterocycles. The lowest BCUT2D eigenvalue weighted by Crippen LogP contribution is -2.51. The summed E-state index contributed by atoms with van der Waals surface area (Å²) in [5.74, 6) is -0.770. The first-order chi connectivity index (χ1) is 18.5. The number of nitrogens with zero attached hydrogens (tertiary/aromatic N) is 2. The highest BCUT2D eigenvalue weighted by atomic mass is 35.5. The van der Waals surface area contributed by atoms with Gasteiger partial charge < -0.3 is 15.0 Å². The molecule has 208 valence electrons. The smallest absolute Gasteiger partial charge is 0.264 e. The molecule has 1 N–H and O–H groups in total. The number of rotatable bonds is 11. The number of nitrogens with one attached hydrogen (secondary N) is 1.